The van der Waals surface area contributed by atoms with E-state index in [-0.39, 0.29) is 22.2 Å². The van der Waals surface area contributed by atoms with Gasteiger partial charge >= 0.3 is 5.70 Å². The smallest absolute Gasteiger partial charge is 0.307 e. The second-order valence-electron chi connectivity index (χ2n) is 8.69. The molecular formula is C23H28N4O4. The predicted octanol–water partition coefficient (Wildman–Crippen LogP) is 3.42. The molecule has 1 fully saturated rings. The van der Waals surface area contributed by atoms with Crippen LogP contribution in [0.5, 0.6) is 11.5 Å². The molecule has 2 aliphatic rings. The molecule has 2 aromatic rings. The van der Waals surface area contributed by atoms with E-state index >= 15 is 0 Å². The number of hydrogen-bond acceptors (Lipinski definition) is 7. The fourth-order valence-electron chi connectivity index (χ4n) is 4.25. The molecule has 0 radical (unpaired) electrons. The van der Waals surface area contributed by atoms with Gasteiger partial charge in [-0.25, -0.2) is 0 Å². The maximum absolute atomic E-state index is 12.2. The Morgan fingerprint density at radius 3 is 2.06 bits per heavy atom. The van der Waals surface area contributed by atoms with Crippen molar-refractivity contribution in [2.45, 2.75) is 26.1 Å². The van der Waals surface area contributed by atoms with Crippen LogP contribution < -0.4 is 20.1 Å². The van der Waals surface area contributed by atoms with Crippen LogP contribution in [-0.4, -0.2) is 37.1 Å². The Kier molecular flexibility index (Phi) is 5.49. The Hall–Kier alpha value is -3.26. The second kappa shape index (κ2) is 8.11. The molecule has 2 aliphatic heterocycles. The quantitative estimate of drug-likeness (QED) is 0.562. The maximum Gasteiger partial charge on any atom is 0.307 e. The molecular weight excluding hydrogens is 396 g/mol. The Balaban J connectivity index is 1.82. The lowest BCUT2D eigenvalue weighted by atomic mass is 9.88. The van der Waals surface area contributed by atoms with Gasteiger partial charge in [-0.05, 0) is 40.8 Å². The van der Waals surface area contributed by atoms with Crippen LogP contribution in [0.4, 0.5) is 0 Å². The largest absolute Gasteiger partial charge is 0.497 e. The molecule has 0 amide bonds. The van der Waals surface area contributed by atoms with Crippen molar-refractivity contribution >= 4 is 0 Å². The van der Waals surface area contributed by atoms with Gasteiger partial charge in [0.2, 0.25) is 0 Å². The van der Waals surface area contributed by atoms with Gasteiger partial charge in [0.05, 0.1) is 19.1 Å². The summed E-state index contributed by atoms with van der Waals surface area (Å²) in [6.45, 7) is 5.67. The first kappa shape index (κ1) is 21.0. The van der Waals surface area contributed by atoms with Crippen molar-refractivity contribution in [2.75, 3.05) is 27.3 Å². The predicted molar refractivity (Wildman–Crippen MR) is 117 cm³/mol. The molecule has 0 aromatic heterocycles. The molecule has 2 aromatic carbocycles. The number of nitrogens with zero attached hydrogens (tertiary/aromatic N) is 2. The lowest BCUT2D eigenvalue weighted by Crippen LogP contribution is -2.58. The van der Waals surface area contributed by atoms with E-state index in [1.807, 2.05) is 48.5 Å². The number of methoxy groups -OCH3 is 2. The van der Waals surface area contributed by atoms with Crippen LogP contribution in [-0.2, 0) is 0 Å². The molecule has 0 spiro atoms. The molecule has 164 valence electrons. The van der Waals surface area contributed by atoms with Crippen LogP contribution in [0.15, 0.2) is 60.0 Å². The van der Waals surface area contributed by atoms with E-state index < -0.39 is 6.04 Å². The first-order chi connectivity index (χ1) is 14.8. The standard InChI is InChI=1S/C23H28N4O4/c1-23(2)13-24-22-20(27(28)29)19(15-5-9-17(30-3)10-6-15)25-21(26(22)14-23)16-7-11-18(31-4)12-8-16/h5-12,19,21,24-25H,13-14H2,1-4H3. The van der Waals surface area contributed by atoms with E-state index in [0.29, 0.717) is 24.7 Å². The van der Waals surface area contributed by atoms with Crippen molar-refractivity contribution in [3.05, 3.63) is 81.3 Å². The molecule has 4 rings (SSSR count). The molecule has 8 nitrogen and oxygen atoms in total. The Bertz CT molecular complexity index is 986. The zero-order valence-electron chi connectivity index (χ0n) is 18.2. The summed E-state index contributed by atoms with van der Waals surface area (Å²) in [6.07, 6.45) is -0.233. The molecule has 8 heteroatoms. The SMILES string of the molecule is COc1ccc(C2NC(c3ccc(OC)cc3)N3CC(C)(C)CNC3=C2[N+](=O)[O-])cc1. The highest BCUT2D eigenvalue weighted by molar-refractivity contribution is 5.37. The van der Waals surface area contributed by atoms with Crippen LogP contribution in [0.25, 0.3) is 0 Å². The van der Waals surface area contributed by atoms with E-state index in [4.69, 9.17) is 9.47 Å². The van der Waals surface area contributed by atoms with Gasteiger partial charge in [0.15, 0.2) is 5.82 Å². The zero-order chi connectivity index (χ0) is 22.2. The van der Waals surface area contributed by atoms with Gasteiger partial charge in [0.25, 0.3) is 0 Å². The topological polar surface area (TPSA) is 88.9 Å². The second-order valence-corrected chi connectivity index (χ2v) is 8.69. The summed E-state index contributed by atoms with van der Waals surface area (Å²) in [5.74, 6) is 2.05. The molecule has 2 N–H and O–H groups in total. The first-order valence-corrected chi connectivity index (χ1v) is 10.3. The van der Waals surface area contributed by atoms with Crippen molar-refractivity contribution in [1.29, 1.82) is 0 Å². The molecule has 1 saturated heterocycles. The molecule has 2 unspecified atom stereocenters. The number of rotatable bonds is 5. The van der Waals surface area contributed by atoms with Gasteiger partial charge in [-0.2, -0.15) is 0 Å². The average molecular weight is 425 g/mol. The summed E-state index contributed by atoms with van der Waals surface area (Å²) in [5, 5.41) is 19.1. The summed E-state index contributed by atoms with van der Waals surface area (Å²) in [4.78, 5) is 14.0. The molecule has 2 atom stereocenters. The van der Waals surface area contributed by atoms with Crippen molar-refractivity contribution in [3.8, 4) is 11.5 Å². The van der Waals surface area contributed by atoms with Crippen LogP contribution in [0.1, 0.15) is 37.2 Å². The van der Waals surface area contributed by atoms with Crippen molar-refractivity contribution in [2.24, 2.45) is 5.41 Å². The van der Waals surface area contributed by atoms with Crippen LogP contribution in [0.3, 0.4) is 0 Å². The van der Waals surface area contributed by atoms with E-state index in [2.05, 4.69) is 29.4 Å². The molecule has 0 bridgehead atoms. The third-order valence-corrected chi connectivity index (χ3v) is 5.85. The minimum Gasteiger partial charge on any atom is -0.497 e. The average Bonchev–Trinajstić information content (AvgIpc) is 2.77. The molecule has 0 aliphatic carbocycles. The van der Waals surface area contributed by atoms with Crippen molar-refractivity contribution < 1.29 is 14.4 Å². The maximum atomic E-state index is 12.2. The number of fused-ring (bicyclic) bond motifs is 1. The van der Waals surface area contributed by atoms with Crippen LogP contribution in [0.2, 0.25) is 0 Å². The van der Waals surface area contributed by atoms with Gasteiger partial charge < -0.3 is 19.7 Å². The van der Waals surface area contributed by atoms with Crippen molar-refractivity contribution in [3.63, 3.8) is 0 Å². The van der Waals surface area contributed by atoms with E-state index in [0.717, 1.165) is 16.9 Å². The Morgan fingerprint density at radius 1 is 1.00 bits per heavy atom. The highest BCUT2D eigenvalue weighted by Gasteiger charge is 2.46. The summed E-state index contributed by atoms with van der Waals surface area (Å²) < 4.78 is 10.6. The van der Waals surface area contributed by atoms with Gasteiger partial charge in [-0.3, -0.25) is 15.4 Å². The van der Waals surface area contributed by atoms with Gasteiger partial charge in [0.1, 0.15) is 23.7 Å². The summed E-state index contributed by atoms with van der Waals surface area (Å²) in [7, 11) is 3.23. The lowest BCUT2D eigenvalue weighted by molar-refractivity contribution is -0.436. The van der Waals surface area contributed by atoms with E-state index in [1.54, 1.807) is 14.2 Å². The zero-order valence-corrected chi connectivity index (χ0v) is 18.2. The van der Waals surface area contributed by atoms with Crippen LogP contribution in [0, 0.1) is 15.5 Å². The van der Waals surface area contributed by atoms with E-state index in [1.165, 1.54) is 0 Å². The Labute approximate surface area is 182 Å². The number of nitrogens with one attached hydrogen (secondary N) is 2. The van der Waals surface area contributed by atoms with Gasteiger partial charge in [-0.1, -0.05) is 38.1 Å². The van der Waals surface area contributed by atoms with Gasteiger partial charge in [0, 0.05) is 13.1 Å². The summed E-state index contributed by atoms with van der Waals surface area (Å²) in [6, 6.07) is 14.6. The number of hydrogen-bond donors (Lipinski definition) is 2. The highest BCUT2D eigenvalue weighted by atomic mass is 16.6. The monoisotopic (exact) mass is 424 g/mol. The number of benzene rings is 2. The third kappa shape index (κ3) is 4.03. The molecule has 2 heterocycles. The summed E-state index contributed by atoms with van der Waals surface area (Å²) >= 11 is 0. The molecule has 0 saturated carbocycles. The minimum atomic E-state index is -0.576. The highest BCUT2D eigenvalue weighted by Crippen LogP contribution is 2.41. The van der Waals surface area contributed by atoms with Crippen LogP contribution >= 0.6 is 0 Å². The summed E-state index contributed by atoms with van der Waals surface area (Å²) in [5.41, 5.74) is 1.92. The fourth-order valence-corrected chi connectivity index (χ4v) is 4.25. The minimum absolute atomic E-state index is 0.0371. The normalized spacial score (nSPS) is 22.4. The van der Waals surface area contributed by atoms with Gasteiger partial charge in [-0.15, -0.1) is 0 Å². The van der Waals surface area contributed by atoms with Crippen molar-refractivity contribution in [1.82, 2.24) is 15.5 Å². The third-order valence-electron chi connectivity index (χ3n) is 5.85. The number of nitro groups is 1. The number of ether oxygens (including phenoxy) is 2. The molecule has 31 heavy (non-hydrogen) atoms. The van der Waals surface area contributed by atoms with E-state index in [9.17, 15) is 10.1 Å². The lowest BCUT2D eigenvalue weighted by Gasteiger charge is -2.49. The Morgan fingerprint density at radius 2 is 1.55 bits per heavy atom. The first-order valence-electron chi connectivity index (χ1n) is 10.3. The fraction of sp³-hybridized carbons (Fsp3) is 0.391.